The van der Waals surface area contributed by atoms with E-state index in [2.05, 4.69) is 9.88 Å². The van der Waals surface area contributed by atoms with E-state index in [4.69, 9.17) is 4.74 Å². The van der Waals surface area contributed by atoms with Gasteiger partial charge in [0.2, 0.25) is 5.88 Å². The third-order valence-corrected chi connectivity index (χ3v) is 6.85. The molecule has 1 unspecified atom stereocenters. The van der Waals surface area contributed by atoms with E-state index in [-0.39, 0.29) is 18.2 Å². The second-order valence-corrected chi connectivity index (χ2v) is 8.69. The number of carbonyl (C=O) groups is 1. The smallest absolute Gasteiger partial charge is 0.314 e. The number of carboxylic acid groups (broad SMARTS) is 1. The molecule has 2 heterocycles. The van der Waals surface area contributed by atoms with Crippen LogP contribution in [0.2, 0.25) is 0 Å². The Kier molecular flexibility index (Phi) is 6.23. The predicted octanol–water partition coefficient (Wildman–Crippen LogP) is 4.43. The molecule has 1 aliphatic carbocycles. The fourth-order valence-corrected chi connectivity index (χ4v) is 5.06. The van der Waals surface area contributed by atoms with E-state index < -0.39 is 23.0 Å². The average Bonchev–Trinajstić information content (AvgIpc) is 3.42. The number of halogens is 2. The molecule has 1 aliphatic heterocycles. The van der Waals surface area contributed by atoms with E-state index in [0.717, 1.165) is 19.6 Å². The minimum Gasteiger partial charge on any atom is -0.481 e. The molecule has 1 saturated carbocycles. The lowest BCUT2D eigenvalue weighted by Crippen LogP contribution is -2.34. The van der Waals surface area contributed by atoms with Gasteiger partial charge >= 0.3 is 5.97 Å². The van der Waals surface area contributed by atoms with E-state index in [1.807, 2.05) is 0 Å². The quantitative estimate of drug-likeness (QED) is 0.704. The average molecular weight is 430 g/mol. The van der Waals surface area contributed by atoms with Crippen molar-refractivity contribution in [2.75, 3.05) is 26.2 Å². The Bertz CT molecular complexity index is 962. The molecule has 0 spiro atoms. The van der Waals surface area contributed by atoms with Gasteiger partial charge in [-0.05, 0) is 86.9 Å². The van der Waals surface area contributed by atoms with Gasteiger partial charge in [-0.1, -0.05) is 12.1 Å². The van der Waals surface area contributed by atoms with Gasteiger partial charge in [0.15, 0.2) is 5.82 Å². The lowest BCUT2D eigenvalue weighted by atomic mass is 9.76. The summed E-state index contributed by atoms with van der Waals surface area (Å²) in [6.07, 6.45) is 5.18. The molecule has 1 aromatic carbocycles. The number of pyridine rings is 1. The summed E-state index contributed by atoms with van der Waals surface area (Å²) in [7, 11) is 0. The van der Waals surface area contributed by atoms with Gasteiger partial charge in [0.05, 0.1) is 5.41 Å². The van der Waals surface area contributed by atoms with E-state index in [1.165, 1.54) is 25.0 Å². The molecule has 31 heavy (non-hydrogen) atoms. The van der Waals surface area contributed by atoms with Crippen LogP contribution in [0.4, 0.5) is 8.78 Å². The maximum Gasteiger partial charge on any atom is 0.314 e. The molecule has 5 nitrogen and oxygen atoms in total. The summed E-state index contributed by atoms with van der Waals surface area (Å²) < 4.78 is 34.3. The van der Waals surface area contributed by atoms with Crippen molar-refractivity contribution in [3.05, 3.63) is 58.8 Å². The highest BCUT2D eigenvalue weighted by Crippen LogP contribution is 2.49. The number of aromatic nitrogens is 1. The number of ether oxygens (including phenoxy) is 1. The van der Waals surface area contributed by atoms with Crippen molar-refractivity contribution in [2.45, 2.75) is 50.4 Å². The first-order chi connectivity index (χ1) is 14.9. The van der Waals surface area contributed by atoms with E-state index in [1.54, 1.807) is 25.3 Å². The molecule has 2 fully saturated rings. The lowest BCUT2D eigenvalue weighted by Gasteiger charge is -2.27. The van der Waals surface area contributed by atoms with Crippen molar-refractivity contribution in [1.82, 2.24) is 9.88 Å². The Morgan fingerprint density at radius 3 is 2.77 bits per heavy atom. The molecule has 0 bridgehead atoms. The molecule has 1 aromatic heterocycles. The molecule has 2 atom stereocenters. The zero-order valence-corrected chi connectivity index (χ0v) is 17.7. The predicted molar refractivity (Wildman–Crippen MR) is 112 cm³/mol. The Hall–Kier alpha value is -2.54. The number of benzene rings is 1. The fourth-order valence-electron chi connectivity index (χ4n) is 5.06. The van der Waals surface area contributed by atoms with Crippen molar-refractivity contribution in [1.29, 1.82) is 0 Å². The highest BCUT2D eigenvalue weighted by atomic mass is 19.1. The molecule has 1 saturated heterocycles. The first-order valence-electron chi connectivity index (χ1n) is 10.9. The number of rotatable bonds is 7. The monoisotopic (exact) mass is 430 g/mol. The Morgan fingerprint density at radius 1 is 1.29 bits per heavy atom. The first-order valence-corrected chi connectivity index (χ1v) is 10.9. The molecule has 2 aromatic rings. The van der Waals surface area contributed by atoms with Crippen LogP contribution >= 0.6 is 0 Å². The van der Waals surface area contributed by atoms with Crippen LogP contribution in [0.15, 0.2) is 30.5 Å². The number of hydrogen-bond donors (Lipinski definition) is 1. The van der Waals surface area contributed by atoms with Crippen LogP contribution in [-0.4, -0.2) is 47.2 Å². The summed E-state index contributed by atoms with van der Waals surface area (Å²) in [6.45, 7) is 4.84. The molecule has 166 valence electrons. The van der Waals surface area contributed by atoms with Crippen LogP contribution in [0.25, 0.3) is 0 Å². The standard InChI is InChI=1S/C24H28F2N2O3/c1-16-19(5-4-6-20(16)25)24(23(29)30)8-7-17(14-24)18-13-21(26)22(27-15-18)31-12-11-28-9-2-3-10-28/h4-6,13,15,17H,2-3,7-12,14H2,1H3,(H,29,30)/t17?,24-/m0/s1. The summed E-state index contributed by atoms with van der Waals surface area (Å²) in [6, 6.07) is 5.97. The zero-order chi connectivity index (χ0) is 22.0. The van der Waals surface area contributed by atoms with Gasteiger partial charge in [-0.25, -0.2) is 13.8 Å². The topological polar surface area (TPSA) is 62.7 Å². The van der Waals surface area contributed by atoms with Crippen LogP contribution in [0.1, 0.15) is 54.7 Å². The SMILES string of the molecule is Cc1c(F)cccc1[C@]1(C(=O)O)CCC(c2cnc(OCCN3CCCC3)c(F)c2)C1. The summed E-state index contributed by atoms with van der Waals surface area (Å²) in [5.74, 6) is -2.11. The van der Waals surface area contributed by atoms with Crippen LogP contribution in [0.5, 0.6) is 5.88 Å². The largest absolute Gasteiger partial charge is 0.481 e. The van der Waals surface area contributed by atoms with Crippen molar-refractivity contribution in [3.8, 4) is 5.88 Å². The van der Waals surface area contributed by atoms with E-state index >= 15 is 0 Å². The maximum atomic E-state index is 14.6. The first kappa shape index (κ1) is 21.7. The summed E-state index contributed by atoms with van der Waals surface area (Å²) in [4.78, 5) is 18.7. The van der Waals surface area contributed by atoms with Crippen LogP contribution < -0.4 is 4.74 Å². The minimum absolute atomic E-state index is 0.0218. The van der Waals surface area contributed by atoms with Gasteiger partial charge < -0.3 is 9.84 Å². The third kappa shape index (κ3) is 4.28. The molecule has 2 aliphatic rings. The van der Waals surface area contributed by atoms with Crippen molar-refractivity contribution in [3.63, 3.8) is 0 Å². The van der Waals surface area contributed by atoms with E-state index in [0.29, 0.717) is 36.1 Å². The van der Waals surface area contributed by atoms with E-state index in [9.17, 15) is 18.7 Å². The van der Waals surface area contributed by atoms with Gasteiger partial charge in [-0.15, -0.1) is 0 Å². The normalized spacial score (nSPS) is 23.9. The molecule has 4 rings (SSSR count). The van der Waals surface area contributed by atoms with Gasteiger partial charge in [-0.2, -0.15) is 0 Å². The number of carboxylic acids is 1. The maximum absolute atomic E-state index is 14.6. The second kappa shape index (κ2) is 8.91. The van der Waals surface area contributed by atoms with Crippen LogP contribution in [0, 0.1) is 18.6 Å². The molecule has 0 amide bonds. The second-order valence-electron chi connectivity index (χ2n) is 8.69. The lowest BCUT2D eigenvalue weighted by molar-refractivity contribution is -0.143. The number of aliphatic carboxylic acids is 1. The highest BCUT2D eigenvalue weighted by Gasteiger charge is 2.48. The van der Waals surface area contributed by atoms with Crippen LogP contribution in [0.3, 0.4) is 0 Å². The Balaban J connectivity index is 1.48. The van der Waals surface area contributed by atoms with Gasteiger partial charge in [0.25, 0.3) is 0 Å². The van der Waals surface area contributed by atoms with Crippen molar-refractivity contribution in [2.24, 2.45) is 0 Å². The summed E-state index contributed by atoms with van der Waals surface area (Å²) in [5.41, 5.74) is 0.328. The highest BCUT2D eigenvalue weighted by molar-refractivity contribution is 5.82. The summed E-state index contributed by atoms with van der Waals surface area (Å²) in [5, 5.41) is 10.0. The van der Waals surface area contributed by atoms with Gasteiger partial charge in [-0.3, -0.25) is 9.69 Å². The molecular weight excluding hydrogens is 402 g/mol. The zero-order valence-electron chi connectivity index (χ0n) is 17.7. The molecule has 1 N–H and O–H groups in total. The van der Waals surface area contributed by atoms with Gasteiger partial charge in [0, 0.05) is 12.7 Å². The Labute approximate surface area is 181 Å². The molecular formula is C24H28F2N2O3. The Morgan fingerprint density at radius 2 is 2.06 bits per heavy atom. The minimum atomic E-state index is -1.18. The third-order valence-electron chi connectivity index (χ3n) is 6.85. The van der Waals surface area contributed by atoms with Crippen LogP contribution in [-0.2, 0) is 10.2 Å². The number of likely N-dealkylation sites (tertiary alicyclic amines) is 1. The van der Waals surface area contributed by atoms with Crippen molar-refractivity contribution < 1.29 is 23.4 Å². The number of hydrogen-bond acceptors (Lipinski definition) is 4. The van der Waals surface area contributed by atoms with Gasteiger partial charge in [0.1, 0.15) is 12.4 Å². The molecule has 0 radical (unpaired) electrons. The summed E-state index contributed by atoms with van der Waals surface area (Å²) >= 11 is 0. The molecule has 7 heteroatoms. The fraction of sp³-hybridized carbons (Fsp3) is 0.500. The van der Waals surface area contributed by atoms with Crippen molar-refractivity contribution >= 4 is 5.97 Å². The number of nitrogens with zero attached hydrogens (tertiary/aromatic N) is 2.